The molecule has 1 N–H and O–H groups in total. The first-order chi connectivity index (χ1) is 9.97. The highest BCUT2D eigenvalue weighted by Gasteiger charge is 2.16. The Morgan fingerprint density at radius 2 is 1.90 bits per heavy atom. The zero-order valence-electron chi connectivity index (χ0n) is 11.7. The molecule has 1 heterocycles. The van der Waals surface area contributed by atoms with Crippen LogP contribution in [-0.2, 0) is 17.1 Å². The maximum Gasteiger partial charge on any atom is 0.262 e. The molecule has 0 unspecified atom stereocenters. The van der Waals surface area contributed by atoms with Crippen LogP contribution in [0.5, 0.6) is 0 Å². The van der Waals surface area contributed by atoms with E-state index in [2.05, 4.69) is 9.71 Å². The number of benzene rings is 2. The van der Waals surface area contributed by atoms with E-state index in [0.29, 0.717) is 11.3 Å². The van der Waals surface area contributed by atoms with Gasteiger partial charge in [0.05, 0.1) is 27.9 Å². The summed E-state index contributed by atoms with van der Waals surface area (Å²) in [5.74, 6) is 0. The number of imidazole rings is 1. The molecule has 0 amide bonds. The number of hydrogen-bond donors (Lipinski definition) is 1. The Morgan fingerprint density at radius 3 is 2.67 bits per heavy atom. The first-order valence-electron chi connectivity index (χ1n) is 6.47. The summed E-state index contributed by atoms with van der Waals surface area (Å²) in [4.78, 5) is 4.51. The Labute approximate surface area is 123 Å². The van der Waals surface area contributed by atoms with Crippen LogP contribution in [0.1, 0.15) is 5.56 Å². The van der Waals surface area contributed by atoms with Gasteiger partial charge in [-0.3, -0.25) is 4.72 Å². The van der Waals surface area contributed by atoms with Gasteiger partial charge in [0.25, 0.3) is 10.0 Å². The van der Waals surface area contributed by atoms with Crippen LogP contribution >= 0.6 is 0 Å². The van der Waals surface area contributed by atoms with Gasteiger partial charge < -0.3 is 4.57 Å². The predicted molar refractivity (Wildman–Crippen MR) is 82.7 cm³/mol. The lowest BCUT2D eigenvalue weighted by molar-refractivity contribution is 0.600. The van der Waals surface area contributed by atoms with Gasteiger partial charge in [0.15, 0.2) is 0 Å². The number of aromatic nitrogens is 2. The van der Waals surface area contributed by atoms with E-state index in [1.165, 1.54) is 0 Å². The standard InChI is InChI=1S/C15H15N3O2S/c1-11-5-3-4-6-15(11)21(19,20)17-12-7-8-14-13(9-12)16-10-18(14)2/h3-10,17H,1-2H3. The van der Waals surface area contributed by atoms with Gasteiger partial charge in [-0.25, -0.2) is 13.4 Å². The fourth-order valence-corrected chi connectivity index (χ4v) is 3.56. The largest absolute Gasteiger partial charge is 0.334 e. The van der Waals surface area contributed by atoms with E-state index < -0.39 is 10.0 Å². The van der Waals surface area contributed by atoms with Crippen molar-refractivity contribution in [3.05, 3.63) is 54.4 Å². The lowest BCUT2D eigenvalue weighted by Crippen LogP contribution is -2.14. The molecule has 0 saturated heterocycles. The van der Waals surface area contributed by atoms with Crippen molar-refractivity contribution in [1.82, 2.24) is 9.55 Å². The molecule has 0 aliphatic carbocycles. The van der Waals surface area contributed by atoms with Crippen LogP contribution < -0.4 is 4.72 Å². The minimum atomic E-state index is -3.59. The van der Waals surface area contributed by atoms with Crippen LogP contribution in [-0.4, -0.2) is 18.0 Å². The fraction of sp³-hybridized carbons (Fsp3) is 0.133. The molecular formula is C15H15N3O2S. The zero-order chi connectivity index (χ0) is 15.0. The van der Waals surface area contributed by atoms with Crippen LogP contribution in [0.25, 0.3) is 11.0 Å². The quantitative estimate of drug-likeness (QED) is 0.809. The summed E-state index contributed by atoms with van der Waals surface area (Å²) in [6.45, 7) is 1.77. The van der Waals surface area contributed by atoms with Crippen molar-refractivity contribution in [2.45, 2.75) is 11.8 Å². The topological polar surface area (TPSA) is 64.0 Å². The average Bonchev–Trinajstić information content (AvgIpc) is 2.80. The molecule has 6 heteroatoms. The van der Waals surface area contributed by atoms with Gasteiger partial charge in [-0.05, 0) is 36.8 Å². The molecule has 0 bridgehead atoms. The highest BCUT2D eigenvalue weighted by molar-refractivity contribution is 7.92. The Hall–Kier alpha value is -2.34. The van der Waals surface area contributed by atoms with Crippen molar-refractivity contribution >= 4 is 26.7 Å². The first-order valence-corrected chi connectivity index (χ1v) is 7.95. The molecule has 2 aromatic carbocycles. The molecule has 0 radical (unpaired) electrons. The summed E-state index contributed by atoms with van der Waals surface area (Å²) in [6.07, 6.45) is 1.70. The molecule has 0 aliphatic heterocycles. The van der Waals surface area contributed by atoms with Gasteiger partial charge in [0.2, 0.25) is 0 Å². The molecule has 21 heavy (non-hydrogen) atoms. The third-order valence-corrected chi connectivity index (χ3v) is 4.90. The van der Waals surface area contributed by atoms with Crippen molar-refractivity contribution in [2.24, 2.45) is 7.05 Å². The van der Waals surface area contributed by atoms with Crippen LogP contribution in [0.3, 0.4) is 0 Å². The molecule has 0 aliphatic rings. The zero-order valence-corrected chi connectivity index (χ0v) is 12.6. The second kappa shape index (κ2) is 4.89. The Morgan fingerprint density at radius 1 is 1.14 bits per heavy atom. The first kappa shape index (κ1) is 13.6. The average molecular weight is 301 g/mol. The van der Waals surface area contributed by atoms with Gasteiger partial charge >= 0.3 is 0 Å². The third kappa shape index (κ3) is 2.50. The second-order valence-electron chi connectivity index (χ2n) is 4.93. The van der Waals surface area contributed by atoms with E-state index >= 15 is 0 Å². The van der Waals surface area contributed by atoms with Crippen molar-refractivity contribution in [2.75, 3.05) is 4.72 Å². The van der Waals surface area contributed by atoms with E-state index in [1.54, 1.807) is 43.6 Å². The minimum Gasteiger partial charge on any atom is -0.334 e. The van der Waals surface area contributed by atoms with Gasteiger partial charge in [0.1, 0.15) is 0 Å². The highest BCUT2D eigenvalue weighted by atomic mass is 32.2. The predicted octanol–water partition coefficient (Wildman–Crippen LogP) is 2.68. The molecule has 1 aromatic heterocycles. The summed E-state index contributed by atoms with van der Waals surface area (Å²) >= 11 is 0. The molecule has 0 atom stereocenters. The molecule has 3 aromatic rings. The number of anilines is 1. The summed E-state index contributed by atoms with van der Waals surface area (Å²) in [7, 11) is -1.70. The number of sulfonamides is 1. The number of rotatable bonds is 3. The number of nitrogens with one attached hydrogen (secondary N) is 1. The van der Waals surface area contributed by atoms with E-state index in [-0.39, 0.29) is 4.90 Å². The minimum absolute atomic E-state index is 0.283. The van der Waals surface area contributed by atoms with E-state index in [9.17, 15) is 8.42 Å². The monoisotopic (exact) mass is 301 g/mol. The third-order valence-electron chi connectivity index (χ3n) is 3.36. The maximum atomic E-state index is 12.4. The summed E-state index contributed by atoms with van der Waals surface area (Å²) in [5, 5.41) is 0. The van der Waals surface area contributed by atoms with Crippen LogP contribution in [0.15, 0.2) is 53.7 Å². The Balaban J connectivity index is 1.99. The molecule has 0 fully saturated rings. The SMILES string of the molecule is Cc1ccccc1S(=O)(=O)Nc1ccc2c(c1)ncn2C. The molecule has 0 saturated carbocycles. The number of nitrogens with zero attached hydrogens (tertiary/aromatic N) is 2. The summed E-state index contributed by atoms with van der Waals surface area (Å²) in [6, 6.07) is 12.2. The van der Waals surface area contributed by atoms with Crippen LogP contribution in [0.4, 0.5) is 5.69 Å². The molecule has 0 spiro atoms. The van der Waals surface area contributed by atoms with Crippen molar-refractivity contribution in [1.29, 1.82) is 0 Å². The van der Waals surface area contributed by atoms with E-state index in [1.807, 2.05) is 23.7 Å². The molecule has 5 nitrogen and oxygen atoms in total. The lowest BCUT2D eigenvalue weighted by Gasteiger charge is -2.10. The number of hydrogen-bond acceptors (Lipinski definition) is 3. The molecule has 3 rings (SSSR count). The van der Waals surface area contributed by atoms with Crippen LogP contribution in [0, 0.1) is 6.92 Å². The maximum absolute atomic E-state index is 12.4. The van der Waals surface area contributed by atoms with E-state index in [4.69, 9.17) is 0 Å². The number of fused-ring (bicyclic) bond motifs is 1. The van der Waals surface area contributed by atoms with Gasteiger partial charge in [-0.1, -0.05) is 18.2 Å². The summed E-state index contributed by atoms with van der Waals surface area (Å²) in [5.41, 5.74) is 2.92. The van der Waals surface area contributed by atoms with Gasteiger partial charge in [-0.15, -0.1) is 0 Å². The number of aryl methyl sites for hydroxylation is 2. The normalized spacial score (nSPS) is 11.7. The highest BCUT2D eigenvalue weighted by Crippen LogP contribution is 2.22. The molecule has 108 valence electrons. The van der Waals surface area contributed by atoms with Crippen LogP contribution in [0.2, 0.25) is 0 Å². The summed E-state index contributed by atoms with van der Waals surface area (Å²) < 4.78 is 29.3. The van der Waals surface area contributed by atoms with Crippen molar-refractivity contribution in [3.8, 4) is 0 Å². The fourth-order valence-electron chi connectivity index (χ4n) is 2.27. The Kier molecular flexibility index (Phi) is 3.17. The van der Waals surface area contributed by atoms with E-state index in [0.717, 1.165) is 11.0 Å². The lowest BCUT2D eigenvalue weighted by atomic mass is 10.2. The van der Waals surface area contributed by atoms with Crippen molar-refractivity contribution < 1.29 is 8.42 Å². The Bertz CT molecular complexity index is 914. The van der Waals surface area contributed by atoms with Gasteiger partial charge in [0, 0.05) is 7.05 Å². The second-order valence-corrected chi connectivity index (χ2v) is 6.58. The smallest absolute Gasteiger partial charge is 0.262 e. The van der Waals surface area contributed by atoms with Crippen molar-refractivity contribution in [3.63, 3.8) is 0 Å². The van der Waals surface area contributed by atoms with Gasteiger partial charge in [-0.2, -0.15) is 0 Å². The molecular weight excluding hydrogens is 286 g/mol.